The molecule has 1 saturated heterocycles. The number of nitrogens with one attached hydrogen (secondary N) is 1. The molecule has 0 aliphatic carbocycles. The van der Waals surface area contributed by atoms with Crippen LogP contribution in [0.25, 0.3) is 10.8 Å². The van der Waals surface area contributed by atoms with Crippen LogP contribution in [0.15, 0.2) is 36.7 Å². The summed E-state index contributed by atoms with van der Waals surface area (Å²) in [6.45, 7) is 6.78. The summed E-state index contributed by atoms with van der Waals surface area (Å²) in [4.78, 5) is 6.92. The zero-order chi connectivity index (χ0) is 13.8. The lowest BCUT2D eigenvalue weighted by atomic mass is 10.1. The van der Waals surface area contributed by atoms with Crippen molar-refractivity contribution in [2.75, 3.05) is 19.6 Å². The third-order valence-corrected chi connectivity index (χ3v) is 4.27. The van der Waals surface area contributed by atoms with Crippen LogP contribution in [0.5, 0.6) is 0 Å². The first-order chi connectivity index (χ1) is 9.84. The van der Waals surface area contributed by atoms with Crippen molar-refractivity contribution in [1.29, 1.82) is 0 Å². The van der Waals surface area contributed by atoms with E-state index >= 15 is 0 Å². The van der Waals surface area contributed by atoms with Gasteiger partial charge in [0.15, 0.2) is 0 Å². The molecule has 106 valence electrons. The van der Waals surface area contributed by atoms with Crippen LogP contribution >= 0.6 is 0 Å². The maximum Gasteiger partial charge on any atom is 0.0346 e. The molecule has 1 aromatic heterocycles. The number of rotatable bonds is 5. The first-order valence-corrected chi connectivity index (χ1v) is 7.61. The smallest absolute Gasteiger partial charge is 0.0346 e. The van der Waals surface area contributed by atoms with Crippen LogP contribution in [0.1, 0.15) is 25.3 Å². The Morgan fingerprint density at radius 3 is 2.85 bits per heavy atom. The Morgan fingerprint density at radius 2 is 2.00 bits per heavy atom. The monoisotopic (exact) mass is 269 g/mol. The van der Waals surface area contributed by atoms with Gasteiger partial charge in [0.2, 0.25) is 0 Å². The number of nitrogens with zero attached hydrogens (tertiary/aromatic N) is 2. The minimum absolute atomic E-state index is 0.625. The van der Waals surface area contributed by atoms with Gasteiger partial charge >= 0.3 is 0 Å². The second kappa shape index (κ2) is 6.33. The van der Waals surface area contributed by atoms with Crippen molar-refractivity contribution in [3.63, 3.8) is 0 Å². The third-order valence-electron chi connectivity index (χ3n) is 4.27. The van der Waals surface area contributed by atoms with Crippen molar-refractivity contribution in [3.8, 4) is 0 Å². The highest BCUT2D eigenvalue weighted by Gasteiger charge is 2.17. The maximum absolute atomic E-state index is 4.34. The van der Waals surface area contributed by atoms with Gasteiger partial charge in [-0.2, -0.15) is 0 Å². The number of pyridine rings is 1. The number of fused-ring (bicyclic) bond motifs is 1. The average Bonchev–Trinajstić information content (AvgIpc) is 3.02. The van der Waals surface area contributed by atoms with Gasteiger partial charge in [0.25, 0.3) is 0 Å². The molecule has 1 atom stereocenters. The molecule has 1 N–H and O–H groups in total. The van der Waals surface area contributed by atoms with E-state index in [0.29, 0.717) is 6.04 Å². The normalized spacial score (nSPS) is 17.6. The van der Waals surface area contributed by atoms with Crippen LogP contribution in [-0.4, -0.2) is 35.6 Å². The lowest BCUT2D eigenvalue weighted by Crippen LogP contribution is -2.38. The van der Waals surface area contributed by atoms with Gasteiger partial charge in [0.05, 0.1) is 0 Å². The summed E-state index contributed by atoms with van der Waals surface area (Å²) in [5, 5.41) is 6.12. The number of benzene rings is 1. The van der Waals surface area contributed by atoms with E-state index in [1.54, 1.807) is 0 Å². The van der Waals surface area contributed by atoms with Crippen LogP contribution in [0.3, 0.4) is 0 Å². The number of aromatic nitrogens is 1. The number of likely N-dealkylation sites (tertiary alicyclic amines) is 1. The summed E-state index contributed by atoms with van der Waals surface area (Å²) in [6.07, 6.45) is 6.64. The molecular weight excluding hydrogens is 246 g/mol. The van der Waals surface area contributed by atoms with E-state index in [2.05, 4.69) is 46.4 Å². The quantitative estimate of drug-likeness (QED) is 0.904. The van der Waals surface area contributed by atoms with E-state index in [4.69, 9.17) is 0 Å². The molecule has 1 aromatic carbocycles. The summed E-state index contributed by atoms with van der Waals surface area (Å²) in [5.41, 5.74) is 1.29. The molecule has 2 heterocycles. The first kappa shape index (κ1) is 13.5. The van der Waals surface area contributed by atoms with Gasteiger partial charge < -0.3 is 5.32 Å². The minimum atomic E-state index is 0.625. The van der Waals surface area contributed by atoms with Gasteiger partial charge in [-0.15, -0.1) is 0 Å². The zero-order valence-electron chi connectivity index (χ0n) is 12.2. The largest absolute Gasteiger partial charge is 0.311 e. The van der Waals surface area contributed by atoms with Crippen molar-refractivity contribution >= 4 is 10.8 Å². The van der Waals surface area contributed by atoms with Crippen molar-refractivity contribution in [2.45, 2.75) is 32.4 Å². The molecule has 0 amide bonds. The molecule has 3 heteroatoms. The van der Waals surface area contributed by atoms with Gasteiger partial charge in [0.1, 0.15) is 0 Å². The van der Waals surface area contributed by atoms with Gasteiger partial charge in [-0.05, 0) is 43.8 Å². The fourth-order valence-corrected chi connectivity index (χ4v) is 3.05. The second-order valence-corrected chi connectivity index (χ2v) is 5.74. The van der Waals surface area contributed by atoms with Crippen LogP contribution in [0.2, 0.25) is 0 Å². The number of hydrogen-bond donors (Lipinski definition) is 1. The van der Waals surface area contributed by atoms with Crippen molar-refractivity contribution in [3.05, 3.63) is 42.2 Å². The third kappa shape index (κ3) is 3.00. The predicted octanol–water partition coefficient (Wildman–Crippen LogP) is 2.81. The summed E-state index contributed by atoms with van der Waals surface area (Å²) in [5.74, 6) is 0. The van der Waals surface area contributed by atoms with E-state index in [9.17, 15) is 0 Å². The molecule has 2 aromatic rings. The van der Waals surface area contributed by atoms with E-state index in [1.165, 1.54) is 42.3 Å². The van der Waals surface area contributed by atoms with E-state index in [0.717, 1.165) is 13.1 Å². The Balaban J connectivity index is 1.59. The highest BCUT2D eigenvalue weighted by molar-refractivity contribution is 5.84. The Bertz CT molecular complexity index is 556. The van der Waals surface area contributed by atoms with Gasteiger partial charge in [-0.25, -0.2) is 0 Å². The van der Waals surface area contributed by atoms with Crippen LogP contribution in [-0.2, 0) is 6.54 Å². The molecule has 1 unspecified atom stereocenters. The standard InChI is InChI=1S/C17H23N3/c1-14(20-8-4-5-9-20)10-18-12-16-13-19-11-15-6-2-3-7-17(15)16/h2-3,6-7,11,13-14,18H,4-5,8-10,12H2,1H3. The minimum Gasteiger partial charge on any atom is -0.311 e. The van der Waals surface area contributed by atoms with Gasteiger partial charge in [0, 0.05) is 36.9 Å². The lowest BCUT2D eigenvalue weighted by Gasteiger charge is -2.24. The Hall–Kier alpha value is -1.45. The van der Waals surface area contributed by atoms with E-state index in [1.807, 2.05) is 12.4 Å². The molecule has 0 bridgehead atoms. The highest BCUT2D eigenvalue weighted by atomic mass is 15.2. The van der Waals surface area contributed by atoms with Crippen LogP contribution in [0, 0.1) is 0 Å². The maximum atomic E-state index is 4.34. The number of hydrogen-bond acceptors (Lipinski definition) is 3. The molecule has 0 radical (unpaired) electrons. The summed E-state index contributed by atoms with van der Waals surface area (Å²) < 4.78 is 0. The van der Waals surface area contributed by atoms with Crippen LogP contribution < -0.4 is 5.32 Å². The molecule has 1 aliphatic heterocycles. The highest BCUT2D eigenvalue weighted by Crippen LogP contribution is 2.17. The zero-order valence-corrected chi connectivity index (χ0v) is 12.2. The van der Waals surface area contributed by atoms with Crippen molar-refractivity contribution in [1.82, 2.24) is 15.2 Å². The van der Waals surface area contributed by atoms with E-state index < -0.39 is 0 Å². The Labute approximate surface area is 121 Å². The fourth-order valence-electron chi connectivity index (χ4n) is 3.05. The Kier molecular flexibility index (Phi) is 4.28. The molecule has 3 nitrogen and oxygen atoms in total. The molecule has 0 saturated carbocycles. The molecule has 3 rings (SSSR count). The molecule has 0 spiro atoms. The molecular formula is C17H23N3. The second-order valence-electron chi connectivity index (χ2n) is 5.74. The van der Waals surface area contributed by atoms with Crippen LogP contribution in [0.4, 0.5) is 0 Å². The van der Waals surface area contributed by atoms with Gasteiger partial charge in [-0.3, -0.25) is 9.88 Å². The average molecular weight is 269 g/mol. The summed E-state index contributed by atoms with van der Waals surface area (Å²) in [7, 11) is 0. The van der Waals surface area contributed by atoms with Gasteiger partial charge in [-0.1, -0.05) is 24.3 Å². The Morgan fingerprint density at radius 1 is 1.20 bits per heavy atom. The van der Waals surface area contributed by atoms with E-state index in [-0.39, 0.29) is 0 Å². The lowest BCUT2D eigenvalue weighted by molar-refractivity contribution is 0.252. The van der Waals surface area contributed by atoms with Crippen molar-refractivity contribution < 1.29 is 0 Å². The first-order valence-electron chi connectivity index (χ1n) is 7.61. The molecule has 1 fully saturated rings. The fraction of sp³-hybridized carbons (Fsp3) is 0.471. The SMILES string of the molecule is CC(CNCc1cncc2ccccc12)N1CCCC1. The summed E-state index contributed by atoms with van der Waals surface area (Å²) >= 11 is 0. The molecule has 1 aliphatic rings. The van der Waals surface area contributed by atoms with Crippen molar-refractivity contribution in [2.24, 2.45) is 0 Å². The predicted molar refractivity (Wildman–Crippen MR) is 83.7 cm³/mol. The topological polar surface area (TPSA) is 28.2 Å². The summed E-state index contributed by atoms with van der Waals surface area (Å²) in [6, 6.07) is 9.09. The molecule has 20 heavy (non-hydrogen) atoms.